The Morgan fingerprint density at radius 1 is 1.25 bits per heavy atom. The second-order valence-corrected chi connectivity index (χ2v) is 5.21. The molecule has 0 spiro atoms. The molecule has 1 amide bonds. The third kappa shape index (κ3) is 2.76. The summed E-state index contributed by atoms with van der Waals surface area (Å²) in [5.41, 5.74) is 0. The van der Waals surface area contributed by atoms with E-state index >= 15 is 0 Å². The van der Waals surface area contributed by atoms with Gasteiger partial charge in [0.15, 0.2) is 0 Å². The highest BCUT2D eigenvalue weighted by Gasteiger charge is 2.30. The van der Waals surface area contributed by atoms with Gasteiger partial charge in [-0.05, 0) is 38.0 Å². The molecule has 0 bridgehead atoms. The van der Waals surface area contributed by atoms with Gasteiger partial charge in [-0.25, -0.2) is 0 Å². The van der Waals surface area contributed by atoms with E-state index in [1.807, 2.05) is 0 Å². The maximum absolute atomic E-state index is 11.8. The van der Waals surface area contributed by atoms with E-state index in [0.29, 0.717) is 6.04 Å². The van der Waals surface area contributed by atoms with E-state index in [1.165, 1.54) is 32.1 Å². The molecule has 2 rings (SSSR count). The van der Waals surface area contributed by atoms with Crippen LogP contribution in [0.4, 0.5) is 0 Å². The Hall–Kier alpha value is -0.570. The fourth-order valence-corrected chi connectivity index (χ4v) is 3.10. The predicted octanol–water partition coefficient (Wildman–Crippen LogP) is 1.82. The molecule has 2 fully saturated rings. The van der Waals surface area contributed by atoms with Gasteiger partial charge in [-0.15, -0.1) is 0 Å². The van der Waals surface area contributed by atoms with Gasteiger partial charge in [0.05, 0.1) is 6.04 Å². The van der Waals surface area contributed by atoms with Crippen LogP contribution in [0.15, 0.2) is 0 Å². The maximum atomic E-state index is 11.8. The van der Waals surface area contributed by atoms with Gasteiger partial charge in [0.2, 0.25) is 5.91 Å². The van der Waals surface area contributed by atoms with Gasteiger partial charge in [-0.3, -0.25) is 4.79 Å². The van der Waals surface area contributed by atoms with Crippen LogP contribution >= 0.6 is 0 Å². The zero-order valence-electron chi connectivity index (χ0n) is 10.3. The van der Waals surface area contributed by atoms with Gasteiger partial charge in [-0.1, -0.05) is 19.8 Å². The van der Waals surface area contributed by atoms with Crippen LogP contribution in [-0.4, -0.2) is 24.5 Å². The Bertz CT molecular complexity index is 242. The molecule has 3 atom stereocenters. The highest BCUT2D eigenvalue weighted by Crippen LogP contribution is 2.28. The van der Waals surface area contributed by atoms with E-state index in [4.69, 9.17) is 0 Å². The highest BCUT2D eigenvalue weighted by molar-refractivity contribution is 5.81. The Morgan fingerprint density at radius 2 is 2.12 bits per heavy atom. The molecule has 3 unspecified atom stereocenters. The van der Waals surface area contributed by atoms with Gasteiger partial charge in [0, 0.05) is 12.6 Å². The molecule has 0 radical (unpaired) electrons. The lowest BCUT2D eigenvalue weighted by molar-refractivity contribution is -0.123. The summed E-state index contributed by atoms with van der Waals surface area (Å²) < 4.78 is 0. The van der Waals surface area contributed by atoms with Crippen LogP contribution in [0.2, 0.25) is 0 Å². The first-order chi connectivity index (χ1) is 7.81. The van der Waals surface area contributed by atoms with E-state index < -0.39 is 0 Å². The molecule has 1 saturated carbocycles. The van der Waals surface area contributed by atoms with Crippen molar-refractivity contribution in [3.63, 3.8) is 0 Å². The minimum Gasteiger partial charge on any atom is -0.355 e. The van der Waals surface area contributed by atoms with Gasteiger partial charge in [0.1, 0.15) is 0 Å². The van der Waals surface area contributed by atoms with Crippen molar-refractivity contribution in [2.45, 2.75) is 64.0 Å². The number of amides is 1. The molecule has 1 aliphatic heterocycles. The van der Waals surface area contributed by atoms with E-state index in [9.17, 15) is 4.79 Å². The Morgan fingerprint density at radius 3 is 2.94 bits per heavy atom. The Labute approximate surface area is 98.4 Å². The second kappa shape index (κ2) is 5.67. The number of carbonyl (C=O) groups excluding carboxylic acids is 1. The van der Waals surface area contributed by atoms with Crippen molar-refractivity contribution in [1.29, 1.82) is 0 Å². The van der Waals surface area contributed by atoms with Crippen LogP contribution in [0.25, 0.3) is 0 Å². The predicted molar refractivity (Wildman–Crippen MR) is 65.2 cm³/mol. The Kier molecular flexibility index (Phi) is 4.22. The molecule has 16 heavy (non-hydrogen) atoms. The van der Waals surface area contributed by atoms with E-state index in [-0.39, 0.29) is 11.9 Å². The zero-order chi connectivity index (χ0) is 11.4. The lowest BCUT2D eigenvalue weighted by Crippen LogP contribution is -2.48. The summed E-state index contributed by atoms with van der Waals surface area (Å²) in [5, 5.41) is 6.60. The quantitative estimate of drug-likeness (QED) is 0.768. The lowest BCUT2D eigenvalue weighted by Gasteiger charge is -2.24. The summed E-state index contributed by atoms with van der Waals surface area (Å²) in [6.45, 7) is 3.12. The fourth-order valence-electron chi connectivity index (χ4n) is 3.10. The molecule has 0 aromatic heterocycles. The van der Waals surface area contributed by atoms with Crippen LogP contribution in [0.5, 0.6) is 0 Å². The molecule has 92 valence electrons. The van der Waals surface area contributed by atoms with E-state index in [1.54, 1.807) is 0 Å². The van der Waals surface area contributed by atoms with Crippen LogP contribution < -0.4 is 10.6 Å². The monoisotopic (exact) mass is 224 g/mol. The zero-order valence-corrected chi connectivity index (χ0v) is 10.3. The van der Waals surface area contributed by atoms with Gasteiger partial charge >= 0.3 is 0 Å². The molecule has 2 N–H and O–H groups in total. The fraction of sp³-hybridized carbons (Fsp3) is 0.923. The summed E-state index contributed by atoms with van der Waals surface area (Å²) in [6, 6.07) is 0.651. The number of hydrogen-bond acceptors (Lipinski definition) is 2. The van der Waals surface area contributed by atoms with E-state index in [2.05, 4.69) is 17.6 Å². The SMILES string of the molecule is CCC1CCCC1NC1CCCCNC1=O. The molecule has 3 heteroatoms. The van der Waals surface area contributed by atoms with Crippen molar-refractivity contribution in [2.24, 2.45) is 5.92 Å². The smallest absolute Gasteiger partial charge is 0.237 e. The normalized spacial score (nSPS) is 35.8. The van der Waals surface area contributed by atoms with Crippen LogP contribution in [0, 0.1) is 5.92 Å². The average molecular weight is 224 g/mol. The summed E-state index contributed by atoms with van der Waals surface area (Å²) in [5.74, 6) is 1.01. The largest absolute Gasteiger partial charge is 0.355 e. The minimum absolute atomic E-state index is 0.0691. The minimum atomic E-state index is 0.0691. The molecule has 0 aromatic carbocycles. The van der Waals surface area contributed by atoms with Gasteiger partial charge in [-0.2, -0.15) is 0 Å². The van der Waals surface area contributed by atoms with Crippen molar-refractivity contribution in [2.75, 3.05) is 6.54 Å². The molecule has 1 saturated heterocycles. The Balaban J connectivity index is 1.89. The first-order valence-electron chi connectivity index (χ1n) is 6.85. The molecule has 1 heterocycles. The maximum Gasteiger partial charge on any atom is 0.237 e. The summed E-state index contributed by atoms with van der Waals surface area (Å²) in [7, 11) is 0. The topological polar surface area (TPSA) is 41.1 Å². The first-order valence-corrected chi connectivity index (χ1v) is 6.85. The summed E-state index contributed by atoms with van der Waals surface area (Å²) in [6.07, 6.45) is 8.46. The number of nitrogens with one attached hydrogen (secondary N) is 2. The third-order valence-corrected chi connectivity index (χ3v) is 4.13. The second-order valence-electron chi connectivity index (χ2n) is 5.21. The average Bonchev–Trinajstić information content (AvgIpc) is 2.64. The molecular formula is C13H24N2O. The number of carbonyl (C=O) groups is 1. The van der Waals surface area contributed by atoms with Crippen molar-refractivity contribution in [1.82, 2.24) is 10.6 Å². The molecule has 3 nitrogen and oxygen atoms in total. The van der Waals surface area contributed by atoms with E-state index in [0.717, 1.165) is 25.3 Å². The highest BCUT2D eigenvalue weighted by atomic mass is 16.2. The van der Waals surface area contributed by atoms with Crippen molar-refractivity contribution < 1.29 is 4.79 Å². The number of rotatable bonds is 3. The summed E-state index contributed by atoms with van der Waals surface area (Å²) in [4.78, 5) is 11.8. The molecule has 1 aliphatic carbocycles. The molecule has 2 aliphatic rings. The third-order valence-electron chi connectivity index (χ3n) is 4.13. The molecule has 0 aromatic rings. The van der Waals surface area contributed by atoms with Crippen LogP contribution in [0.3, 0.4) is 0 Å². The number of hydrogen-bond donors (Lipinski definition) is 2. The standard InChI is InChI=1S/C13H24N2O/c1-2-10-6-5-8-11(10)15-12-7-3-4-9-14-13(12)16/h10-12,15H,2-9H2,1H3,(H,14,16). The van der Waals surface area contributed by atoms with Crippen LogP contribution in [0.1, 0.15) is 51.9 Å². The van der Waals surface area contributed by atoms with Crippen molar-refractivity contribution >= 4 is 5.91 Å². The molecular weight excluding hydrogens is 200 g/mol. The summed E-state index contributed by atoms with van der Waals surface area (Å²) >= 11 is 0. The van der Waals surface area contributed by atoms with Crippen molar-refractivity contribution in [3.05, 3.63) is 0 Å². The van der Waals surface area contributed by atoms with Crippen molar-refractivity contribution in [3.8, 4) is 0 Å². The van der Waals surface area contributed by atoms with Gasteiger partial charge < -0.3 is 10.6 Å². The van der Waals surface area contributed by atoms with Crippen LogP contribution in [-0.2, 0) is 4.79 Å². The van der Waals surface area contributed by atoms with Gasteiger partial charge in [0.25, 0.3) is 0 Å². The lowest BCUT2D eigenvalue weighted by atomic mass is 9.99. The first kappa shape index (κ1) is 11.9.